The molecule has 196 valence electrons. The van der Waals surface area contributed by atoms with Gasteiger partial charge in [-0.1, -0.05) is 6.07 Å². The molecule has 2 aromatic rings. The van der Waals surface area contributed by atoms with Crippen LogP contribution in [0.2, 0.25) is 0 Å². The molecule has 2 N–H and O–H groups in total. The van der Waals surface area contributed by atoms with E-state index < -0.39 is 17.8 Å². The monoisotopic (exact) mass is 499 g/mol. The Kier molecular flexibility index (Phi) is 7.96. The van der Waals surface area contributed by atoms with E-state index >= 15 is 0 Å². The molecule has 2 atom stereocenters. The first-order valence-corrected chi connectivity index (χ1v) is 12.2. The number of rotatable bonds is 6. The molecule has 1 aliphatic heterocycles. The molecular formula is C26H37N5O5. The van der Waals surface area contributed by atoms with Crippen molar-refractivity contribution in [1.82, 2.24) is 19.8 Å². The van der Waals surface area contributed by atoms with Gasteiger partial charge in [0.2, 0.25) is 5.91 Å². The van der Waals surface area contributed by atoms with Crippen LogP contribution in [-0.4, -0.2) is 61.9 Å². The highest BCUT2D eigenvalue weighted by molar-refractivity contribution is 5.94. The van der Waals surface area contributed by atoms with Crippen molar-refractivity contribution < 1.29 is 24.2 Å². The van der Waals surface area contributed by atoms with Gasteiger partial charge in [-0.2, -0.15) is 0 Å². The summed E-state index contributed by atoms with van der Waals surface area (Å²) >= 11 is 0. The molecule has 0 saturated carbocycles. The minimum Gasteiger partial charge on any atom is -0.465 e. The van der Waals surface area contributed by atoms with Crippen molar-refractivity contribution in [2.24, 2.45) is 0 Å². The van der Waals surface area contributed by atoms with Crippen LogP contribution < -0.4 is 10.2 Å². The second-order valence-corrected chi connectivity index (χ2v) is 10.5. The van der Waals surface area contributed by atoms with Crippen molar-refractivity contribution in [3.63, 3.8) is 0 Å². The summed E-state index contributed by atoms with van der Waals surface area (Å²) in [6, 6.07) is 4.96. The second-order valence-electron chi connectivity index (χ2n) is 10.5. The standard InChI is InChI=1S/C26H37N5O5/c1-16(2)30(25(34)35)23-12-17(3)31(18(4)32)22-9-8-19(13-20(22)23)21-14-29(15-28-21)11-10-27-24(33)36-26(5,6)7/h8-9,13-17,23H,10-12H2,1-7H3,(H,27,33)(H,34,35)/t17-,23+/m0/s1. The summed E-state index contributed by atoms with van der Waals surface area (Å²) in [6.45, 7) is 13.5. The Hall–Kier alpha value is -3.56. The molecule has 1 aromatic heterocycles. The predicted octanol–water partition coefficient (Wildman–Crippen LogP) is 4.65. The lowest BCUT2D eigenvalue weighted by Crippen LogP contribution is -2.48. The van der Waals surface area contributed by atoms with Gasteiger partial charge in [-0.05, 0) is 65.7 Å². The zero-order valence-corrected chi connectivity index (χ0v) is 22.1. The summed E-state index contributed by atoms with van der Waals surface area (Å²) in [5.74, 6) is -0.0804. The third-order valence-corrected chi connectivity index (χ3v) is 6.07. The second kappa shape index (κ2) is 10.6. The van der Waals surface area contributed by atoms with E-state index in [0.29, 0.717) is 25.2 Å². The van der Waals surface area contributed by atoms with E-state index in [1.807, 2.05) is 70.5 Å². The summed E-state index contributed by atoms with van der Waals surface area (Å²) in [6.07, 6.45) is 2.60. The first-order chi connectivity index (χ1) is 16.8. The minimum atomic E-state index is -0.989. The number of alkyl carbamates (subject to hydrolysis) is 1. The molecule has 0 aliphatic carbocycles. The zero-order valence-electron chi connectivity index (χ0n) is 22.1. The maximum absolute atomic E-state index is 12.4. The maximum atomic E-state index is 12.4. The number of fused-ring (bicyclic) bond motifs is 1. The van der Waals surface area contributed by atoms with Gasteiger partial charge in [0, 0.05) is 49.5 Å². The molecule has 3 rings (SSSR count). The first kappa shape index (κ1) is 27.0. The molecule has 10 nitrogen and oxygen atoms in total. The molecular weight excluding hydrogens is 462 g/mol. The van der Waals surface area contributed by atoms with E-state index in [2.05, 4.69) is 10.3 Å². The van der Waals surface area contributed by atoms with E-state index in [1.165, 1.54) is 11.8 Å². The number of benzene rings is 1. The number of imidazole rings is 1. The van der Waals surface area contributed by atoms with Crippen LogP contribution in [0.3, 0.4) is 0 Å². The van der Waals surface area contributed by atoms with Gasteiger partial charge in [-0.15, -0.1) is 0 Å². The SMILES string of the molecule is CC(=O)N1c2ccc(-c3cn(CCNC(=O)OC(C)(C)C)cn3)cc2[C@H](N(C(=O)O)C(C)C)C[C@@H]1C. The number of anilines is 1. The van der Waals surface area contributed by atoms with Crippen LogP contribution in [0.5, 0.6) is 0 Å². The van der Waals surface area contributed by atoms with Gasteiger partial charge in [-0.25, -0.2) is 14.6 Å². The van der Waals surface area contributed by atoms with Crippen molar-refractivity contribution >= 4 is 23.8 Å². The summed E-state index contributed by atoms with van der Waals surface area (Å²) in [4.78, 5) is 44.1. The minimum absolute atomic E-state index is 0.0804. The molecule has 1 aliphatic rings. The number of hydrogen-bond acceptors (Lipinski definition) is 5. The molecule has 0 spiro atoms. The average molecular weight is 500 g/mol. The Morgan fingerprint density at radius 1 is 1.28 bits per heavy atom. The average Bonchev–Trinajstić information content (AvgIpc) is 3.20. The van der Waals surface area contributed by atoms with Gasteiger partial charge in [-0.3, -0.25) is 9.69 Å². The number of carbonyl (C=O) groups excluding carboxylic acids is 2. The number of amides is 3. The van der Waals surface area contributed by atoms with E-state index in [4.69, 9.17) is 4.74 Å². The zero-order chi connectivity index (χ0) is 26.8. The van der Waals surface area contributed by atoms with Gasteiger partial charge >= 0.3 is 12.2 Å². The number of nitrogens with one attached hydrogen (secondary N) is 1. The van der Waals surface area contributed by atoms with E-state index in [9.17, 15) is 19.5 Å². The Balaban J connectivity index is 1.86. The highest BCUT2D eigenvalue weighted by Gasteiger charge is 2.38. The predicted molar refractivity (Wildman–Crippen MR) is 137 cm³/mol. The Bertz CT molecular complexity index is 1120. The molecule has 0 unspecified atom stereocenters. The fourth-order valence-electron chi connectivity index (χ4n) is 4.68. The molecule has 3 amide bonds. The fraction of sp³-hybridized carbons (Fsp3) is 0.538. The Morgan fingerprint density at radius 3 is 2.56 bits per heavy atom. The van der Waals surface area contributed by atoms with Crippen LogP contribution in [0.15, 0.2) is 30.7 Å². The summed E-state index contributed by atoms with van der Waals surface area (Å²) in [5, 5.41) is 12.7. The van der Waals surface area contributed by atoms with Crippen LogP contribution in [0.25, 0.3) is 11.3 Å². The van der Waals surface area contributed by atoms with Crippen molar-refractivity contribution in [1.29, 1.82) is 0 Å². The smallest absolute Gasteiger partial charge is 0.408 e. The number of carbonyl (C=O) groups is 3. The van der Waals surface area contributed by atoms with E-state index in [1.54, 1.807) is 11.2 Å². The van der Waals surface area contributed by atoms with Gasteiger partial charge in [0.15, 0.2) is 0 Å². The van der Waals surface area contributed by atoms with Crippen LogP contribution in [-0.2, 0) is 16.1 Å². The highest BCUT2D eigenvalue weighted by atomic mass is 16.6. The molecule has 36 heavy (non-hydrogen) atoms. The van der Waals surface area contributed by atoms with Gasteiger partial charge in [0.1, 0.15) is 5.60 Å². The van der Waals surface area contributed by atoms with Crippen molar-refractivity contribution in [2.45, 2.75) is 85.2 Å². The van der Waals surface area contributed by atoms with Gasteiger partial charge in [0.05, 0.1) is 18.1 Å². The van der Waals surface area contributed by atoms with Crippen molar-refractivity contribution in [3.8, 4) is 11.3 Å². The van der Waals surface area contributed by atoms with Gasteiger partial charge in [0.25, 0.3) is 0 Å². The highest BCUT2D eigenvalue weighted by Crippen LogP contribution is 2.43. The number of ether oxygens (including phenoxy) is 1. The van der Waals surface area contributed by atoms with Crippen LogP contribution in [0.1, 0.15) is 66.5 Å². The number of aromatic nitrogens is 2. The van der Waals surface area contributed by atoms with Crippen LogP contribution >= 0.6 is 0 Å². The van der Waals surface area contributed by atoms with Crippen molar-refractivity contribution in [3.05, 3.63) is 36.3 Å². The molecule has 2 heterocycles. The third-order valence-electron chi connectivity index (χ3n) is 6.07. The van der Waals surface area contributed by atoms with E-state index in [0.717, 1.165) is 16.8 Å². The molecule has 10 heteroatoms. The Morgan fingerprint density at radius 2 is 1.97 bits per heavy atom. The van der Waals surface area contributed by atoms with Crippen molar-refractivity contribution in [2.75, 3.05) is 11.4 Å². The normalized spacial score (nSPS) is 17.5. The lowest BCUT2D eigenvalue weighted by molar-refractivity contribution is -0.117. The lowest BCUT2D eigenvalue weighted by atomic mass is 9.88. The first-order valence-electron chi connectivity index (χ1n) is 12.2. The third kappa shape index (κ3) is 6.16. The molecule has 0 radical (unpaired) electrons. The van der Waals surface area contributed by atoms with E-state index in [-0.39, 0.29) is 24.0 Å². The summed E-state index contributed by atoms with van der Waals surface area (Å²) < 4.78 is 7.12. The van der Waals surface area contributed by atoms with Gasteiger partial charge < -0.3 is 24.6 Å². The van der Waals surface area contributed by atoms with Crippen LogP contribution in [0, 0.1) is 0 Å². The maximum Gasteiger partial charge on any atom is 0.408 e. The van der Waals surface area contributed by atoms with Crippen LogP contribution in [0.4, 0.5) is 15.3 Å². The number of hydrogen-bond donors (Lipinski definition) is 2. The summed E-state index contributed by atoms with van der Waals surface area (Å²) in [7, 11) is 0. The largest absolute Gasteiger partial charge is 0.465 e. The topological polar surface area (TPSA) is 117 Å². The quantitative estimate of drug-likeness (QED) is 0.598. The molecule has 1 aromatic carbocycles. The lowest BCUT2D eigenvalue weighted by Gasteiger charge is -2.43. The molecule has 0 fully saturated rings. The Labute approximate surface area is 212 Å². The molecule has 0 saturated heterocycles. The number of nitrogens with zero attached hydrogens (tertiary/aromatic N) is 4. The molecule has 0 bridgehead atoms. The summed E-state index contributed by atoms with van der Waals surface area (Å²) in [5.41, 5.74) is 2.50. The number of carboxylic acid groups (broad SMARTS) is 1. The fourth-order valence-corrected chi connectivity index (χ4v) is 4.68.